The van der Waals surface area contributed by atoms with Crippen molar-refractivity contribution < 1.29 is 0 Å². The molecule has 3 N–H and O–H groups in total. The number of aromatic nitrogens is 1. The lowest BCUT2D eigenvalue weighted by Gasteiger charge is -2.17. The molecule has 0 fully saturated rings. The lowest BCUT2D eigenvalue weighted by atomic mass is 10.00. The summed E-state index contributed by atoms with van der Waals surface area (Å²) in [4.78, 5) is 8.35. The maximum Gasteiger partial charge on any atom is 0.151 e. The molecule has 0 saturated carbocycles. The maximum absolute atomic E-state index is 8.28. The van der Waals surface area contributed by atoms with Gasteiger partial charge in [0.1, 0.15) is 0 Å². The molecule has 0 unspecified atom stereocenters. The lowest BCUT2D eigenvalue weighted by molar-refractivity contribution is 0.842. The Morgan fingerprint density at radius 2 is 1.65 bits per heavy atom. The topological polar surface area (TPSA) is 79.5 Å². The summed E-state index contributed by atoms with van der Waals surface area (Å²) in [6, 6.07) is 3.98. The van der Waals surface area contributed by atoms with Crippen LogP contribution in [0.15, 0.2) is 34.3 Å². The highest BCUT2D eigenvalue weighted by Crippen LogP contribution is 2.21. The van der Waals surface area contributed by atoms with Gasteiger partial charge in [-0.2, -0.15) is 0 Å². The molecule has 0 aliphatic carbocycles. The highest BCUT2D eigenvalue weighted by Gasteiger charge is 2.12. The van der Waals surface area contributed by atoms with E-state index in [1.807, 2.05) is 24.3 Å². The number of rotatable bonds is 2. The van der Waals surface area contributed by atoms with Crippen LogP contribution in [0.1, 0.15) is 24.1 Å². The van der Waals surface area contributed by atoms with Crippen molar-refractivity contribution in [2.75, 3.05) is 18.9 Å². The molecule has 3 rings (SSSR count). The fraction of sp³-hybridized carbons (Fsp3) is 0.267. The predicted octanol–water partition coefficient (Wildman–Crippen LogP) is 1.40. The minimum Gasteiger partial charge on any atom is -0.337 e. The molecule has 0 bridgehead atoms. The predicted molar refractivity (Wildman–Crippen MR) is 82.3 cm³/mol. The molecule has 1 aromatic heterocycles. The molecule has 3 heterocycles. The first kappa shape index (κ1) is 12.6. The Balaban J connectivity index is 2.05. The van der Waals surface area contributed by atoms with Gasteiger partial charge in [-0.25, -0.2) is 4.68 Å². The Bertz CT molecular complexity index is 703. The standard InChI is InChI=1S/C15H17N5/c16-15-13(11-3-7-18-8-4-11)1-2-14(20(15)17)12-5-9-19-10-6-12/h1-3,5,7,9,16H,4,6,8,10,17H2. The summed E-state index contributed by atoms with van der Waals surface area (Å²) in [5.41, 5.74) is 4.35. The molecule has 2 aliphatic heterocycles. The highest BCUT2D eigenvalue weighted by molar-refractivity contribution is 5.87. The third-order valence-electron chi connectivity index (χ3n) is 3.62. The third-order valence-corrected chi connectivity index (χ3v) is 3.62. The smallest absolute Gasteiger partial charge is 0.151 e. The Labute approximate surface area is 117 Å². The van der Waals surface area contributed by atoms with Crippen molar-refractivity contribution in [2.45, 2.75) is 12.8 Å². The number of nitrogens with zero attached hydrogens (tertiary/aromatic N) is 3. The van der Waals surface area contributed by atoms with Crippen molar-refractivity contribution in [2.24, 2.45) is 9.98 Å². The number of allylic oxidation sites excluding steroid dienone is 2. The van der Waals surface area contributed by atoms with Gasteiger partial charge in [-0.3, -0.25) is 15.4 Å². The zero-order valence-corrected chi connectivity index (χ0v) is 11.2. The van der Waals surface area contributed by atoms with Gasteiger partial charge in [-0.05, 0) is 48.3 Å². The van der Waals surface area contributed by atoms with E-state index in [9.17, 15) is 0 Å². The highest BCUT2D eigenvalue weighted by atomic mass is 15.3. The van der Waals surface area contributed by atoms with Crippen LogP contribution in [-0.2, 0) is 0 Å². The van der Waals surface area contributed by atoms with Gasteiger partial charge in [0, 0.05) is 31.1 Å². The molecule has 5 nitrogen and oxygen atoms in total. The van der Waals surface area contributed by atoms with Crippen molar-refractivity contribution in [3.05, 3.63) is 41.0 Å². The molecule has 102 valence electrons. The van der Waals surface area contributed by atoms with Gasteiger partial charge in [0.05, 0.1) is 5.69 Å². The summed E-state index contributed by atoms with van der Waals surface area (Å²) >= 11 is 0. The molecule has 0 amide bonds. The molecule has 0 aromatic carbocycles. The molecular formula is C15H17N5. The van der Waals surface area contributed by atoms with E-state index < -0.39 is 0 Å². The summed E-state index contributed by atoms with van der Waals surface area (Å²) < 4.78 is 1.47. The third kappa shape index (κ3) is 2.22. The summed E-state index contributed by atoms with van der Waals surface area (Å²) in [6.07, 6.45) is 9.25. The van der Waals surface area contributed by atoms with Crippen molar-refractivity contribution in [3.8, 4) is 0 Å². The van der Waals surface area contributed by atoms with Crippen molar-refractivity contribution in [3.63, 3.8) is 0 Å². The minimum atomic E-state index is 0.340. The molecule has 2 aliphatic rings. The Hall–Kier alpha value is -2.43. The van der Waals surface area contributed by atoms with E-state index in [0.29, 0.717) is 5.49 Å². The van der Waals surface area contributed by atoms with Crippen LogP contribution in [0.2, 0.25) is 0 Å². The van der Waals surface area contributed by atoms with Crippen LogP contribution >= 0.6 is 0 Å². The summed E-state index contributed by atoms with van der Waals surface area (Å²) in [5, 5.41) is 8.28. The lowest BCUT2D eigenvalue weighted by Crippen LogP contribution is -2.32. The zero-order chi connectivity index (χ0) is 13.9. The molecule has 0 spiro atoms. The first-order valence-corrected chi connectivity index (χ1v) is 6.72. The molecule has 20 heavy (non-hydrogen) atoms. The number of aliphatic imine (C=N–C) groups is 2. The van der Waals surface area contributed by atoms with E-state index >= 15 is 0 Å². The second-order valence-corrected chi connectivity index (χ2v) is 4.85. The monoisotopic (exact) mass is 267 g/mol. The van der Waals surface area contributed by atoms with Gasteiger partial charge < -0.3 is 5.84 Å². The van der Waals surface area contributed by atoms with E-state index in [1.165, 1.54) is 4.68 Å². The largest absolute Gasteiger partial charge is 0.337 e. The molecular weight excluding hydrogens is 250 g/mol. The van der Waals surface area contributed by atoms with Crippen molar-refractivity contribution in [1.29, 1.82) is 5.41 Å². The van der Waals surface area contributed by atoms with Crippen LogP contribution in [0.25, 0.3) is 11.1 Å². The van der Waals surface area contributed by atoms with E-state index in [0.717, 1.165) is 48.3 Å². The number of nitrogens with two attached hydrogens (primary N) is 1. The summed E-state index contributed by atoms with van der Waals surface area (Å²) in [5.74, 6) is 6.10. The summed E-state index contributed by atoms with van der Waals surface area (Å²) in [6.45, 7) is 1.56. The molecule has 5 heteroatoms. The Kier molecular flexibility index (Phi) is 3.33. The zero-order valence-electron chi connectivity index (χ0n) is 11.2. The maximum atomic E-state index is 8.28. The normalized spacial score (nSPS) is 17.8. The van der Waals surface area contributed by atoms with Crippen LogP contribution in [0.3, 0.4) is 0 Å². The number of nitrogens with one attached hydrogen (secondary N) is 1. The average Bonchev–Trinajstić information content (AvgIpc) is 2.52. The average molecular weight is 267 g/mol. The number of dihydropyridines is 2. The van der Waals surface area contributed by atoms with E-state index in [2.05, 4.69) is 9.98 Å². The first-order valence-electron chi connectivity index (χ1n) is 6.72. The van der Waals surface area contributed by atoms with Gasteiger partial charge in [0.2, 0.25) is 0 Å². The van der Waals surface area contributed by atoms with Crippen LogP contribution in [0.5, 0.6) is 0 Å². The van der Waals surface area contributed by atoms with Gasteiger partial charge >= 0.3 is 0 Å². The van der Waals surface area contributed by atoms with Gasteiger partial charge in [-0.15, -0.1) is 0 Å². The molecule has 0 radical (unpaired) electrons. The Morgan fingerprint density at radius 1 is 1.00 bits per heavy atom. The van der Waals surface area contributed by atoms with Crippen LogP contribution in [0.4, 0.5) is 0 Å². The Morgan fingerprint density at radius 3 is 2.25 bits per heavy atom. The molecule has 1 aromatic rings. The van der Waals surface area contributed by atoms with Crippen LogP contribution < -0.4 is 11.3 Å². The minimum absolute atomic E-state index is 0.340. The van der Waals surface area contributed by atoms with E-state index in [4.69, 9.17) is 11.3 Å². The summed E-state index contributed by atoms with van der Waals surface area (Å²) in [7, 11) is 0. The van der Waals surface area contributed by atoms with E-state index in [1.54, 1.807) is 12.4 Å². The fourth-order valence-corrected chi connectivity index (χ4v) is 2.50. The second kappa shape index (κ2) is 5.28. The number of pyridine rings is 1. The van der Waals surface area contributed by atoms with Crippen LogP contribution in [-0.4, -0.2) is 30.2 Å². The van der Waals surface area contributed by atoms with Gasteiger partial charge in [0.25, 0.3) is 0 Å². The van der Waals surface area contributed by atoms with Crippen molar-refractivity contribution in [1.82, 2.24) is 4.68 Å². The van der Waals surface area contributed by atoms with Crippen LogP contribution in [0, 0.1) is 5.41 Å². The SMILES string of the molecule is N=c1c(C2=CC=NCC2)ccc(C2=CC=NCC2)n1N. The molecule has 0 saturated heterocycles. The number of hydrogen-bond acceptors (Lipinski definition) is 4. The van der Waals surface area contributed by atoms with Gasteiger partial charge in [0.15, 0.2) is 5.49 Å². The van der Waals surface area contributed by atoms with E-state index in [-0.39, 0.29) is 0 Å². The molecule has 0 atom stereocenters. The quantitative estimate of drug-likeness (QED) is 0.780. The number of nitrogen functional groups attached to an aromatic ring is 1. The van der Waals surface area contributed by atoms with Gasteiger partial charge in [-0.1, -0.05) is 0 Å². The number of hydrogen-bond donors (Lipinski definition) is 2. The fourth-order valence-electron chi connectivity index (χ4n) is 2.50. The van der Waals surface area contributed by atoms with Crippen molar-refractivity contribution >= 4 is 23.6 Å². The first-order chi connectivity index (χ1) is 9.77. The second-order valence-electron chi connectivity index (χ2n) is 4.85.